The van der Waals surface area contributed by atoms with Gasteiger partial charge in [-0.2, -0.15) is 0 Å². The Morgan fingerprint density at radius 2 is 2.47 bits per heavy atom. The largest absolute Gasteiger partial charge is 0.382 e. The Morgan fingerprint density at radius 1 is 1.65 bits per heavy atom. The fraction of sp³-hybridized carbons (Fsp3) is 0.583. The highest BCUT2D eigenvalue weighted by atomic mass is 15.3. The van der Waals surface area contributed by atoms with E-state index in [4.69, 9.17) is 11.1 Å². The number of rotatable bonds is 3. The van der Waals surface area contributed by atoms with Crippen molar-refractivity contribution in [2.75, 3.05) is 18.0 Å². The molecule has 2 rings (SSSR count). The zero-order valence-corrected chi connectivity index (χ0v) is 10.2. The molecule has 0 radical (unpaired) electrons. The molecule has 17 heavy (non-hydrogen) atoms. The van der Waals surface area contributed by atoms with Crippen LogP contribution in [0.1, 0.15) is 31.9 Å². The minimum atomic E-state index is -0.00213. The highest BCUT2D eigenvalue weighted by Crippen LogP contribution is 2.22. The Bertz CT molecular complexity index is 404. The van der Waals surface area contributed by atoms with Gasteiger partial charge >= 0.3 is 0 Å². The number of anilines is 1. The van der Waals surface area contributed by atoms with Gasteiger partial charge in [0, 0.05) is 19.3 Å². The number of aromatic nitrogens is 2. The van der Waals surface area contributed by atoms with Crippen LogP contribution >= 0.6 is 0 Å². The molecule has 1 fully saturated rings. The van der Waals surface area contributed by atoms with Crippen LogP contribution in [0.2, 0.25) is 0 Å². The lowest BCUT2D eigenvalue weighted by Gasteiger charge is -2.32. The highest BCUT2D eigenvalue weighted by Gasteiger charge is 2.20. The summed E-state index contributed by atoms with van der Waals surface area (Å²) in [4.78, 5) is 10.8. The van der Waals surface area contributed by atoms with Crippen LogP contribution in [0.15, 0.2) is 12.3 Å². The van der Waals surface area contributed by atoms with Crippen LogP contribution in [-0.2, 0) is 0 Å². The van der Waals surface area contributed by atoms with Gasteiger partial charge in [0.05, 0.1) is 0 Å². The molecule has 1 aromatic heterocycles. The van der Waals surface area contributed by atoms with E-state index in [9.17, 15) is 0 Å². The van der Waals surface area contributed by atoms with Gasteiger partial charge in [0.1, 0.15) is 11.5 Å². The van der Waals surface area contributed by atoms with Crippen LogP contribution in [0.4, 0.5) is 5.95 Å². The number of nitrogens with zero attached hydrogens (tertiary/aromatic N) is 3. The molecule has 2 heterocycles. The fourth-order valence-corrected chi connectivity index (χ4v) is 2.23. The molecule has 1 aliphatic heterocycles. The maximum Gasteiger partial charge on any atom is 0.225 e. The number of hydrogen-bond acceptors (Lipinski definition) is 4. The fourth-order valence-electron chi connectivity index (χ4n) is 2.23. The summed E-state index contributed by atoms with van der Waals surface area (Å²) < 4.78 is 0. The zero-order chi connectivity index (χ0) is 12.3. The quantitative estimate of drug-likeness (QED) is 0.610. The van der Waals surface area contributed by atoms with Crippen molar-refractivity contribution in [3.05, 3.63) is 18.0 Å². The number of amidine groups is 1. The van der Waals surface area contributed by atoms with Crippen molar-refractivity contribution in [3.8, 4) is 0 Å². The standard InChI is InChI=1S/C12H19N5/c1-2-9-4-3-7-17(8-9)12-15-6-5-10(16-12)11(13)14/h5-6,9H,2-4,7-8H2,1H3,(H3,13,14). The van der Waals surface area contributed by atoms with Gasteiger partial charge in [-0.1, -0.05) is 13.3 Å². The third-order valence-electron chi connectivity index (χ3n) is 3.30. The molecule has 0 saturated carbocycles. The van der Waals surface area contributed by atoms with Crippen molar-refractivity contribution >= 4 is 11.8 Å². The summed E-state index contributed by atoms with van der Waals surface area (Å²) in [5.41, 5.74) is 5.95. The number of nitrogens with one attached hydrogen (secondary N) is 1. The Labute approximate surface area is 102 Å². The molecule has 0 aliphatic carbocycles. The van der Waals surface area contributed by atoms with Gasteiger partial charge in [-0.15, -0.1) is 0 Å². The maximum absolute atomic E-state index is 7.39. The summed E-state index contributed by atoms with van der Waals surface area (Å²) in [6.07, 6.45) is 5.35. The van der Waals surface area contributed by atoms with E-state index >= 15 is 0 Å². The van der Waals surface area contributed by atoms with Gasteiger partial charge in [-0.25, -0.2) is 9.97 Å². The van der Waals surface area contributed by atoms with Crippen LogP contribution in [0.25, 0.3) is 0 Å². The van der Waals surface area contributed by atoms with Gasteiger partial charge in [0.25, 0.3) is 0 Å². The van der Waals surface area contributed by atoms with Crippen LogP contribution < -0.4 is 10.6 Å². The smallest absolute Gasteiger partial charge is 0.225 e. The van der Waals surface area contributed by atoms with Crippen molar-refractivity contribution in [2.45, 2.75) is 26.2 Å². The SMILES string of the molecule is CCC1CCCN(c2nccc(C(=N)N)n2)C1. The minimum Gasteiger partial charge on any atom is -0.382 e. The zero-order valence-electron chi connectivity index (χ0n) is 10.2. The Morgan fingerprint density at radius 3 is 3.18 bits per heavy atom. The first-order valence-corrected chi connectivity index (χ1v) is 6.13. The Hall–Kier alpha value is -1.65. The van der Waals surface area contributed by atoms with E-state index in [2.05, 4.69) is 21.8 Å². The summed E-state index contributed by atoms with van der Waals surface area (Å²) in [5, 5.41) is 7.39. The first-order valence-electron chi connectivity index (χ1n) is 6.13. The van der Waals surface area contributed by atoms with Crippen molar-refractivity contribution in [1.29, 1.82) is 5.41 Å². The Kier molecular flexibility index (Phi) is 3.56. The van der Waals surface area contributed by atoms with Crippen molar-refractivity contribution in [2.24, 2.45) is 11.7 Å². The summed E-state index contributed by atoms with van der Waals surface area (Å²) in [5.74, 6) is 1.43. The number of piperidine rings is 1. The molecule has 0 spiro atoms. The molecule has 1 unspecified atom stereocenters. The molecule has 92 valence electrons. The molecule has 1 atom stereocenters. The number of nitrogens with two attached hydrogens (primary N) is 1. The van der Waals surface area contributed by atoms with Crippen LogP contribution in [-0.4, -0.2) is 28.9 Å². The molecule has 0 aromatic carbocycles. The molecular formula is C12H19N5. The lowest BCUT2D eigenvalue weighted by Crippen LogP contribution is -2.36. The van der Waals surface area contributed by atoms with Gasteiger partial charge in [-0.05, 0) is 24.8 Å². The van der Waals surface area contributed by atoms with E-state index in [0.717, 1.165) is 19.0 Å². The molecule has 0 bridgehead atoms. The summed E-state index contributed by atoms with van der Waals surface area (Å²) in [7, 11) is 0. The second-order valence-corrected chi connectivity index (χ2v) is 4.52. The van der Waals surface area contributed by atoms with Crippen LogP contribution in [0.5, 0.6) is 0 Å². The average Bonchev–Trinajstić information content (AvgIpc) is 2.39. The number of nitrogen functional groups attached to an aromatic ring is 1. The maximum atomic E-state index is 7.39. The Balaban J connectivity index is 2.16. The van der Waals surface area contributed by atoms with Crippen molar-refractivity contribution in [1.82, 2.24) is 9.97 Å². The lowest BCUT2D eigenvalue weighted by atomic mass is 9.96. The second-order valence-electron chi connectivity index (χ2n) is 4.52. The van der Waals surface area contributed by atoms with Gasteiger partial charge in [-0.3, -0.25) is 5.41 Å². The van der Waals surface area contributed by atoms with E-state index in [1.54, 1.807) is 12.3 Å². The minimum absolute atomic E-state index is 0.00213. The van der Waals surface area contributed by atoms with Gasteiger partial charge in [0.15, 0.2) is 0 Å². The normalized spacial score (nSPS) is 20.3. The first-order chi connectivity index (χ1) is 8.20. The lowest BCUT2D eigenvalue weighted by molar-refractivity contribution is 0.401. The van der Waals surface area contributed by atoms with E-state index in [1.807, 2.05) is 0 Å². The monoisotopic (exact) mass is 233 g/mol. The molecule has 0 amide bonds. The molecule has 1 aliphatic rings. The first kappa shape index (κ1) is 11.8. The molecule has 5 heteroatoms. The predicted octanol–water partition coefficient (Wildman–Crippen LogP) is 1.39. The number of hydrogen-bond donors (Lipinski definition) is 2. The molecule has 5 nitrogen and oxygen atoms in total. The third-order valence-corrected chi connectivity index (χ3v) is 3.30. The van der Waals surface area contributed by atoms with E-state index in [-0.39, 0.29) is 5.84 Å². The second kappa shape index (κ2) is 5.12. The van der Waals surface area contributed by atoms with Gasteiger partial charge in [0.2, 0.25) is 5.95 Å². The molecular weight excluding hydrogens is 214 g/mol. The van der Waals surface area contributed by atoms with Crippen molar-refractivity contribution in [3.63, 3.8) is 0 Å². The highest BCUT2D eigenvalue weighted by molar-refractivity contribution is 5.93. The molecule has 3 N–H and O–H groups in total. The predicted molar refractivity (Wildman–Crippen MR) is 68.3 cm³/mol. The summed E-state index contributed by atoms with van der Waals surface area (Å²) in [6, 6.07) is 1.67. The average molecular weight is 233 g/mol. The van der Waals surface area contributed by atoms with Crippen molar-refractivity contribution < 1.29 is 0 Å². The van der Waals surface area contributed by atoms with Crippen LogP contribution in [0, 0.1) is 11.3 Å². The van der Waals surface area contributed by atoms with Gasteiger partial charge < -0.3 is 10.6 Å². The molecule has 1 saturated heterocycles. The summed E-state index contributed by atoms with van der Waals surface area (Å²) >= 11 is 0. The summed E-state index contributed by atoms with van der Waals surface area (Å²) in [6.45, 7) is 4.23. The van der Waals surface area contributed by atoms with E-state index < -0.39 is 0 Å². The third kappa shape index (κ3) is 2.72. The van der Waals surface area contributed by atoms with E-state index in [0.29, 0.717) is 11.6 Å². The van der Waals surface area contributed by atoms with Crippen LogP contribution in [0.3, 0.4) is 0 Å². The van der Waals surface area contributed by atoms with E-state index in [1.165, 1.54) is 19.3 Å². The topological polar surface area (TPSA) is 78.9 Å². The molecule has 1 aromatic rings.